The van der Waals surface area contributed by atoms with Crippen LogP contribution < -0.4 is 27.1 Å². The number of aromatic nitrogens is 3. The summed E-state index contributed by atoms with van der Waals surface area (Å²) in [5, 5.41) is 3.12. The molecule has 0 fully saturated rings. The second kappa shape index (κ2) is 9.41. The third-order valence-electron chi connectivity index (χ3n) is 5.89. The maximum Gasteiger partial charge on any atom is 0.294 e. The molecule has 3 heterocycles. The van der Waals surface area contributed by atoms with Gasteiger partial charge in [0.2, 0.25) is 0 Å². The van der Waals surface area contributed by atoms with Crippen molar-refractivity contribution < 1.29 is 9.53 Å². The van der Waals surface area contributed by atoms with Crippen molar-refractivity contribution in [3.63, 3.8) is 0 Å². The van der Waals surface area contributed by atoms with Crippen molar-refractivity contribution in [3.05, 3.63) is 75.0 Å². The number of ketones is 1. The summed E-state index contributed by atoms with van der Waals surface area (Å²) in [7, 11) is 1.62. The van der Waals surface area contributed by atoms with Crippen molar-refractivity contribution in [2.24, 2.45) is 5.73 Å². The number of fused-ring (bicyclic) bond motifs is 1. The normalized spacial score (nSPS) is 14.7. The first-order valence-electron chi connectivity index (χ1n) is 10.9. The second-order valence-electron chi connectivity index (χ2n) is 8.23. The fraction of sp³-hybridized carbons (Fsp3) is 0.333. The van der Waals surface area contributed by atoms with E-state index in [-0.39, 0.29) is 30.1 Å². The summed E-state index contributed by atoms with van der Waals surface area (Å²) >= 11 is 0. The van der Waals surface area contributed by atoms with E-state index in [4.69, 9.17) is 16.2 Å². The molecule has 1 atom stereocenters. The maximum absolute atomic E-state index is 13.2. The number of nitrogens with one attached hydrogen (secondary N) is 1. The van der Waals surface area contributed by atoms with Gasteiger partial charge >= 0.3 is 0 Å². The lowest BCUT2D eigenvalue weighted by Gasteiger charge is -2.16. The molecule has 33 heavy (non-hydrogen) atoms. The summed E-state index contributed by atoms with van der Waals surface area (Å²) in [6.07, 6.45) is 2.90. The van der Waals surface area contributed by atoms with Gasteiger partial charge < -0.3 is 21.5 Å². The Hall–Kier alpha value is -3.72. The number of nitrogens with two attached hydrogens (primary N) is 2. The van der Waals surface area contributed by atoms with E-state index in [1.54, 1.807) is 30.0 Å². The number of hydrogen-bond acceptors (Lipinski definition) is 8. The van der Waals surface area contributed by atoms with E-state index in [0.29, 0.717) is 30.9 Å². The average molecular weight is 449 g/mol. The van der Waals surface area contributed by atoms with Crippen molar-refractivity contribution in [3.8, 4) is 5.75 Å². The topological polar surface area (TPSA) is 138 Å². The number of methoxy groups -OCH3 is 1. The molecule has 1 aliphatic rings. The highest BCUT2D eigenvalue weighted by atomic mass is 16.5. The van der Waals surface area contributed by atoms with Crippen LogP contribution in [-0.2, 0) is 30.7 Å². The average Bonchev–Trinajstić information content (AvgIpc) is 3.23. The van der Waals surface area contributed by atoms with Gasteiger partial charge in [0.15, 0.2) is 11.6 Å². The van der Waals surface area contributed by atoms with Crippen LogP contribution in [0.15, 0.2) is 41.3 Å². The number of carbonyl (C=O) groups excluding carboxylic acids is 1. The van der Waals surface area contributed by atoms with Gasteiger partial charge in [-0.1, -0.05) is 12.1 Å². The third-order valence-corrected chi connectivity index (χ3v) is 5.89. The van der Waals surface area contributed by atoms with Gasteiger partial charge in [0.05, 0.1) is 25.3 Å². The molecule has 3 aromatic rings. The van der Waals surface area contributed by atoms with E-state index < -0.39 is 6.04 Å². The Morgan fingerprint density at radius 3 is 2.88 bits per heavy atom. The van der Waals surface area contributed by atoms with Crippen LogP contribution in [0.1, 0.15) is 40.5 Å². The molecular weight excluding hydrogens is 420 g/mol. The van der Waals surface area contributed by atoms with Crippen LogP contribution in [0.3, 0.4) is 0 Å². The summed E-state index contributed by atoms with van der Waals surface area (Å²) in [4.78, 5) is 35.0. The minimum absolute atomic E-state index is 0.0717. The van der Waals surface area contributed by atoms with Gasteiger partial charge in [-0.3, -0.25) is 14.2 Å². The molecule has 172 valence electrons. The number of Topliss-reactive ketones (excluding diaryl/α,β-unsaturated/α-hetero) is 1. The summed E-state index contributed by atoms with van der Waals surface area (Å²) in [6, 6.07) is 8.74. The van der Waals surface area contributed by atoms with Crippen molar-refractivity contribution in [2.75, 3.05) is 18.2 Å². The fourth-order valence-electron chi connectivity index (χ4n) is 4.27. The number of hydrogen-bond donors (Lipinski definition) is 3. The van der Waals surface area contributed by atoms with Gasteiger partial charge in [0.1, 0.15) is 11.6 Å². The fourth-order valence-corrected chi connectivity index (χ4v) is 4.27. The molecule has 0 amide bonds. The molecule has 0 bridgehead atoms. The number of ether oxygens (including phenoxy) is 1. The summed E-state index contributed by atoms with van der Waals surface area (Å²) < 4.78 is 6.88. The lowest BCUT2D eigenvalue weighted by Crippen LogP contribution is -2.31. The van der Waals surface area contributed by atoms with Crippen LogP contribution >= 0.6 is 0 Å². The Morgan fingerprint density at radius 2 is 2.12 bits per heavy atom. The van der Waals surface area contributed by atoms with Gasteiger partial charge in [-0.15, -0.1) is 0 Å². The minimum atomic E-state index is -0.566. The minimum Gasteiger partial charge on any atom is -0.497 e. The first-order chi connectivity index (χ1) is 15.9. The molecule has 0 saturated carbocycles. The molecule has 4 rings (SSSR count). The van der Waals surface area contributed by atoms with Crippen molar-refractivity contribution in [1.82, 2.24) is 14.5 Å². The molecule has 9 nitrogen and oxygen atoms in total. The maximum atomic E-state index is 13.2. The Labute approximate surface area is 191 Å². The van der Waals surface area contributed by atoms with Gasteiger partial charge in [-0.25, -0.2) is 9.97 Å². The number of rotatable bonds is 8. The highest BCUT2D eigenvalue weighted by molar-refractivity contribution is 5.85. The van der Waals surface area contributed by atoms with Crippen molar-refractivity contribution in [2.45, 2.75) is 45.3 Å². The molecule has 0 aliphatic carbocycles. The number of anilines is 2. The lowest BCUT2D eigenvalue weighted by atomic mass is 10.0. The zero-order valence-electron chi connectivity index (χ0n) is 18.8. The predicted octanol–water partition coefficient (Wildman–Crippen LogP) is 1.91. The molecular formula is C24H28N6O3. The molecule has 1 aromatic carbocycles. The number of benzene rings is 1. The zero-order valence-corrected chi connectivity index (χ0v) is 18.8. The molecule has 0 spiro atoms. The Balaban J connectivity index is 1.55. The van der Waals surface area contributed by atoms with E-state index >= 15 is 0 Å². The van der Waals surface area contributed by atoms with Gasteiger partial charge in [0.25, 0.3) is 5.56 Å². The molecule has 0 saturated heterocycles. The number of nitrogens with zero attached hydrogens (tertiary/aromatic N) is 3. The molecule has 5 N–H and O–H groups in total. The van der Waals surface area contributed by atoms with Crippen LogP contribution in [0.25, 0.3) is 0 Å². The third kappa shape index (κ3) is 4.73. The van der Waals surface area contributed by atoms with E-state index in [9.17, 15) is 9.59 Å². The number of carbonyl (C=O) groups is 1. The second-order valence-corrected chi connectivity index (χ2v) is 8.23. The molecule has 1 unspecified atom stereocenters. The van der Waals surface area contributed by atoms with Gasteiger partial charge in [-0.2, -0.15) is 0 Å². The molecule has 9 heteroatoms. The Morgan fingerprint density at radius 1 is 1.30 bits per heavy atom. The smallest absolute Gasteiger partial charge is 0.294 e. The standard InChI is InChI=1S/C24H28N6O3/c1-14-7-15(9-18(8-14)33-2)12-27-23-24(32)30-17(13-28-23)4-5-20(30)21(31)10-19-16(11-25)3-6-22(26)29-19/h3,6-9,13,20H,4-5,10-12,25H2,1-2H3,(H2,26,29)(H,27,28). The number of nitrogen functional groups attached to an aromatic ring is 1. The molecule has 2 aromatic heterocycles. The summed E-state index contributed by atoms with van der Waals surface area (Å²) in [5.41, 5.74) is 15.4. The molecule has 0 radical (unpaired) electrons. The SMILES string of the molecule is COc1cc(C)cc(CNc2ncc3n(c2=O)C(C(=O)Cc2nc(N)ccc2CN)CC3)c1. The number of pyridine rings is 1. The van der Waals surface area contributed by atoms with Crippen molar-refractivity contribution >= 4 is 17.4 Å². The van der Waals surface area contributed by atoms with E-state index in [1.807, 2.05) is 25.1 Å². The van der Waals surface area contributed by atoms with Crippen molar-refractivity contribution in [1.29, 1.82) is 0 Å². The highest BCUT2D eigenvalue weighted by Crippen LogP contribution is 2.26. The van der Waals surface area contributed by atoms with Crippen LogP contribution in [0.2, 0.25) is 0 Å². The lowest BCUT2D eigenvalue weighted by molar-refractivity contribution is -0.121. The summed E-state index contributed by atoms with van der Waals surface area (Å²) in [5.74, 6) is 1.21. The van der Waals surface area contributed by atoms with Crippen LogP contribution in [-0.4, -0.2) is 27.4 Å². The van der Waals surface area contributed by atoms with E-state index in [1.165, 1.54) is 0 Å². The largest absolute Gasteiger partial charge is 0.497 e. The Kier molecular flexibility index (Phi) is 6.41. The first kappa shape index (κ1) is 22.5. The van der Waals surface area contributed by atoms with Crippen LogP contribution in [0, 0.1) is 6.92 Å². The van der Waals surface area contributed by atoms with Crippen LogP contribution in [0.4, 0.5) is 11.6 Å². The first-order valence-corrected chi connectivity index (χ1v) is 10.9. The Bertz CT molecular complexity index is 1250. The van der Waals surface area contributed by atoms with Gasteiger partial charge in [-0.05, 0) is 54.7 Å². The highest BCUT2D eigenvalue weighted by Gasteiger charge is 2.31. The van der Waals surface area contributed by atoms with Crippen LogP contribution in [0.5, 0.6) is 5.75 Å². The van der Waals surface area contributed by atoms with Gasteiger partial charge in [0, 0.05) is 25.0 Å². The monoisotopic (exact) mass is 448 g/mol. The number of aryl methyl sites for hydroxylation is 2. The molecule has 1 aliphatic heterocycles. The van der Waals surface area contributed by atoms with E-state index in [2.05, 4.69) is 15.3 Å². The predicted molar refractivity (Wildman–Crippen MR) is 126 cm³/mol. The van der Waals surface area contributed by atoms with E-state index in [0.717, 1.165) is 28.1 Å². The summed E-state index contributed by atoms with van der Waals surface area (Å²) in [6.45, 7) is 2.65. The quantitative estimate of drug-likeness (QED) is 0.475. The zero-order chi connectivity index (χ0) is 23.5.